The highest BCUT2D eigenvalue weighted by Gasteiger charge is 2.20. The summed E-state index contributed by atoms with van der Waals surface area (Å²) in [6.45, 7) is 0. The topological polar surface area (TPSA) is 56.7 Å². The number of fused-ring (bicyclic) bond motifs is 6. The van der Waals surface area contributed by atoms with E-state index in [0.717, 1.165) is 88.6 Å². The Morgan fingerprint density at radius 3 is 1.55 bits per heavy atom. The van der Waals surface area contributed by atoms with Crippen LogP contribution in [-0.2, 0) is 0 Å². The summed E-state index contributed by atoms with van der Waals surface area (Å²) in [6, 6.07) is 76.3. The van der Waals surface area contributed by atoms with Gasteiger partial charge in [0.15, 0.2) is 17.5 Å². The average Bonchev–Trinajstić information content (AvgIpc) is 3.88. The predicted molar refractivity (Wildman–Crippen MR) is 254 cm³/mol. The SMILES string of the molecule is c1ccc(-c2cccc(-c3ccc(-c4ccc5oc6cc7c8ccccc8n(-c8ccccc8)c7cc6c5c4)c(-c4nc(-c5ccccc5)nc(-c5ccccc5)n4)c3)c2)cc1. The summed E-state index contributed by atoms with van der Waals surface area (Å²) in [6.07, 6.45) is 0. The Bertz CT molecular complexity index is 3560. The summed E-state index contributed by atoms with van der Waals surface area (Å²) in [5.41, 5.74) is 14.4. The molecule has 5 heteroatoms. The van der Waals surface area contributed by atoms with Crippen LogP contribution in [0.3, 0.4) is 0 Å². The van der Waals surface area contributed by atoms with Crippen molar-refractivity contribution in [2.45, 2.75) is 0 Å². The van der Waals surface area contributed by atoms with E-state index in [1.807, 2.05) is 60.7 Å². The Balaban J connectivity index is 1.08. The molecule has 3 heterocycles. The van der Waals surface area contributed by atoms with E-state index in [1.165, 1.54) is 10.9 Å². The Labute approximate surface area is 357 Å². The summed E-state index contributed by atoms with van der Waals surface area (Å²) in [5.74, 6) is 1.83. The summed E-state index contributed by atoms with van der Waals surface area (Å²) in [4.78, 5) is 15.5. The molecule has 0 saturated carbocycles. The number of hydrogen-bond acceptors (Lipinski definition) is 4. The lowest BCUT2D eigenvalue weighted by Gasteiger charge is -2.15. The van der Waals surface area contributed by atoms with Crippen molar-refractivity contribution in [3.63, 3.8) is 0 Å². The summed E-state index contributed by atoms with van der Waals surface area (Å²) in [5, 5.41) is 4.45. The lowest BCUT2D eigenvalue weighted by Crippen LogP contribution is -2.01. The lowest BCUT2D eigenvalue weighted by atomic mass is 9.92. The van der Waals surface area contributed by atoms with Gasteiger partial charge in [-0.2, -0.15) is 0 Å². The molecule has 0 amide bonds. The molecule has 0 aliphatic heterocycles. The van der Waals surface area contributed by atoms with E-state index < -0.39 is 0 Å². The second kappa shape index (κ2) is 14.7. The van der Waals surface area contributed by atoms with Crippen molar-refractivity contribution in [2.75, 3.05) is 0 Å². The first-order chi connectivity index (χ1) is 30.7. The van der Waals surface area contributed by atoms with Crippen LogP contribution in [0.5, 0.6) is 0 Å². The number of rotatable bonds is 7. The van der Waals surface area contributed by atoms with Gasteiger partial charge in [-0.1, -0.05) is 164 Å². The van der Waals surface area contributed by atoms with Crippen molar-refractivity contribution in [3.05, 3.63) is 218 Å². The van der Waals surface area contributed by atoms with Crippen LogP contribution in [0.15, 0.2) is 223 Å². The fourth-order valence-electron chi connectivity index (χ4n) is 8.86. The first kappa shape index (κ1) is 35.5. The number of aromatic nitrogens is 4. The molecule has 0 spiro atoms. The van der Waals surface area contributed by atoms with Crippen LogP contribution in [0, 0.1) is 0 Å². The smallest absolute Gasteiger partial charge is 0.164 e. The average molecular weight is 793 g/mol. The summed E-state index contributed by atoms with van der Waals surface area (Å²) < 4.78 is 9.00. The molecule has 12 aromatic rings. The maximum atomic E-state index is 6.64. The van der Waals surface area contributed by atoms with Crippen LogP contribution >= 0.6 is 0 Å². The largest absolute Gasteiger partial charge is 0.456 e. The van der Waals surface area contributed by atoms with E-state index in [9.17, 15) is 0 Å². The molecule has 0 saturated heterocycles. The Morgan fingerprint density at radius 2 is 0.839 bits per heavy atom. The third-order valence-electron chi connectivity index (χ3n) is 11.9. The second-order valence-electron chi connectivity index (χ2n) is 15.6. The number of benzene rings is 9. The molecule has 0 aliphatic rings. The zero-order chi connectivity index (χ0) is 41.0. The van der Waals surface area contributed by atoms with Gasteiger partial charge in [0.2, 0.25) is 0 Å². The zero-order valence-electron chi connectivity index (χ0n) is 33.5. The van der Waals surface area contributed by atoms with Gasteiger partial charge >= 0.3 is 0 Å². The molecule has 0 atom stereocenters. The zero-order valence-corrected chi connectivity index (χ0v) is 33.5. The van der Waals surface area contributed by atoms with Crippen LogP contribution in [0.2, 0.25) is 0 Å². The van der Waals surface area contributed by atoms with E-state index >= 15 is 0 Å². The monoisotopic (exact) mass is 792 g/mol. The Hall–Kier alpha value is -8.41. The maximum absolute atomic E-state index is 6.64. The second-order valence-corrected chi connectivity index (χ2v) is 15.6. The van der Waals surface area contributed by atoms with Crippen molar-refractivity contribution in [3.8, 4) is 73.2 Å². The molecule has 0 bridgehead atoms. The van der Waals surface area contributed by atoms with Crippen LogP contribution in [0.1, 0.15) is 0 Å². The number of hydrogen-bond donors (Lipinski definition) is 0. The molecule has 0 radical (unpaired) electrons. The highest BCUT2D eigenvalue weighted by molar-refractivity contribution is 6.17. The van der Waals surface area contributed by atoms with Crippen molar-refractivity contribution < 1.29 is 4.42 Å². The molecule has 3 aromatic heterocycles. The molecular weight excluding hydrogens is 757 g/mol. The van der Waals surface area contributed by atoms with Crippen molar-refractivity contribution in [1.29, 1.82) is 0 Å². The van der Waals surface area contributed by atoms with Gasteiger partial charge < -0.3 is 8.98 Å². The molecule has 12 rings (SSSR count). The van der Waals surface area contributed by atoms with E-state index in [4.69, 9.17) is 19.4 Å². The van der Waals surface area contributed by atoms with E-state index in [1.54, 1.807) is 0 Å². The third kappa shape index (κ3) is 6.14. The van der Waals surface area contributed by atoms with Gasteiger partial charge in [0.1, 0.15) is 11.2 Å². The normalized spacial score (nSPS) is 11.5. The quantitative estimate of drug-likeness (QED) is 0.161. The van der Waals surface area contributed by atoms with E-state index in [2.05, 4.69) is 162 Å². The van der Waals surface area contributed by atoms with Gasteiger partial charge in [0, 0.05) is 43.9 Å². The number of nitrogens with zero attached hydrogens (tertiary/aromatic N) is 4. The van der Waals surface area contributed by atoms with Crippen LogP contribution in [-0.4, -0.2) is 19.5 Å². The molecule has 5 nitrogen and oxygen atoms in total. The van der Waals surface area contributed by atoms with Gasteiger partial charge in [-0.3, -0.25) is 0 Å². The van der Waals surface area contributed by atoms with Crippen LogP contribution < -0.4 is 0 Å². The molecule has 9 aromatic carbocycles. The van der Waals surface area contributed by atoms with Crippen molar-refractivity contribution >= 4 is 43.7 Å². The third-order valence-corrected chi connectivity index (χ3v) is 11.9. The molecule has 290 valence electrons. The van der Waals surface area contributed by atoms with Gasteiger partial charge in [-0.25, -0.2) is 15.0 Å². The molecule has 0 N–H and O–H groups in total. The Morgan fingerprint density at radius 1 is 0.290 bits per heavy atom. The van der Waals surface area contributed by atoms with Crippen LogP contribution in [0.4, 0.5) is 0 Å². The van der Waals surface area contributed by atoms with Crippen LogP contribution in [0.25, 0.3) is 117 Å². The fourth-order valence-corrected chi connectivity index (χ4v) is 8.86. The van der Waals surface area contributed by atoms with E-state index in [-0.39, 0.29) is 0 Å². The van der Waals surface area contributed by atoms with Gasteiger partial charge in [0.25, 0.3) is 0 Å². The van der Waals surface area contributed by atoms with Gasteiger partial charge in [-0.05, 0) is 88.0 Å². The van der Waals surface area contributed by atoms with Gasteiger partial charge in [0.05, 0.1) is 11.0 Å². The molecule has 0 aliphatic carbocycles. The minimum Gasteiger partial charge on any atom is -0.456 e. The summed E-state index contributed by atoms with van der Waals surface area (Å²) in [7, 11) is 0. The first-order valence-corrected chi connectivity index (χ1v) is 20.8. The highest BCUT2D eigenvalue weighted by atomic mass is 16.3. The van der Waals surface area contributed by atoms with Gasteiger partial charge in [-0.15, -0.1) is 0 Å². The molecule has 62 heavy (non-hydrogen) atoms. The maximum Gasteiger partial charge on any atom is 0.164 e. The van der Waals surface area contributed by atoms with Crippen molar-refractivity contribution in [1.82, 2.24) is 19.5 Å². The van der Waals surface area contributed by atoms with Crippen molar-refractivity contribution in [2.24, 2.45) is 0 Å². The fraction of sp³-hybridized carbons (Fsp3) is 0. The lowest BCUT2D eigenvalue weighted by molar-refractivity contribution is 0.669. The first-order valence-electron chi connectivity index (χ1n) is 20.8. The Kier molecular flexibility index (Phi) is 8.42. The van der Waals surface area contributed by atoms with E-state index in [0.29, 0.717) is 17.5 Å². The number of para-hydroxylation sites is 2. The molecule has 0 unspecified atom stereocenters. The molecule has 0 fully saturated rings. The predicted octanol–water partition coefficient (Wildman–Crippen LogP) is 14.9. The summed E-state index contributed by atoms with van der Waals surface area (Å²) >= 11 is 0. The molecular formula is C57H36N4O. The minimum atomic E-state index is 0.597. The number of furan rings is 1. The highest BCUT2D eigenvalue weighted by Crippen LogP contribution is 2.42. The minimum absolute atomic E-state index is 0.597. The standard InChI is InChI=1S/C57H36N4O/c1-5-16-37(17-6-1)40-22-15-23-41(32-40)42-28-30-45(50(33-42)57-59-55(38-18-7-2-8-19-38)58-56(60-57)39-20-9-3-10-21-39)43-29-31-53-48(34-43)49-35-52-47(36-54(49)62-53)46-26-13-14-27-51(46)61(52)44-24-11-4-12-25-44/h1-36H.